The highest BCUT2D eigenvalue weighted by Crippen LogP contribution is 2.07. The van der Waals surface area contributed by atoms with E-state index in [1.54, 1.807) is 11.3 Å². The van der Waals surface area contributed by atoms with Gasteiger partial charge in [-0.15, -0.1) is 11.3 Å². The summed E-state index contributed by atoms with van der Waals surface area (Å²) in [5.74, 6) is 0.0397. The predicted octanol–water partition coefficient (Wildman–Crippen LogP) is 1.05. The van der Waals surface area contributed by atoms with E-state index in [0.717, 1.165) is 10.7 Å². The van der Waals surface area contributed by atoms with Crippen molar-refractivity contribution < 1.29 is 4.79 Å². The van der Waals surface area contributed by atoms with Crippen molar-refractivity contribution in [1.82, 2.24) is 10.3 Å². The molecule has 0 aromatic carbocycles. The van der Waals surface area contributed by atoms with E-state index in [2.05, 4.69) is 10.3 Å². The molecule has 15 heavy (non-hydrogen) atoms. The van der Waals surface area contributed by atoms with Gasteiger partial charge in [0.15, 0.2) is 0 Å². The third-order valence-corrected chi connectivity index (χ3v) is 2.95. The Morgan fingerprint density at radius 2 is 2.33 bits per heavy atom. The average Bonchev–Trinajstić information content (AvgIpc) is 2.59. The van der Waals surface area contributed by atoms with Crippen LogP contribution < -0.4 is 11.1 Å². The quantitative estimate of drug-likeness (QED) is 0.808. The Morgan fingerprint density at radius 3 is 2.80 bits per heavy atom. The molecule has 1 aromatic rings. The number of aryl methyl sites for hydroxylation is 1. The van der Waals surface area contributed by atoms with E-state index in [-0.39, 0.29) is 11.8 Å². The number of carbonyl (C=O) groups excluding carboxylic acids is 1. The zero-order valence-electron chi connectivity index (χ0n) is 9.28. The summed E-state index contributed by atoms with van der Waals surface area (Å²) in [6.45, 7) is 6.26. The van der Waals surface area contributed by atoms with Crippen LogP contribution in [0.25, 0.3) is 0 Å². The molecule has 5 heteroatoms. The van der Waals surface area contributed by atoms with Crippen molar-refractivity contribution >= 4 is 17.2 Å². The Hall–Kier alpha value is -0.940. The fourth-order valence-corrected chi connectivity index (χ4v) is 1.70. The largest absolute Gasteiger partial charge is 0.349 e. The molecule has 1 aromatic heterocycles. The van der Waals surface area contributed by atoms with Crippen LogP contribution in [0.4, 0.5) is 0 Å². The summed E-state index contributed by atoms with van der Waals surface area (Å²) >= 11 is 1.58. The molecule has 1 unspecified atom stereocenters. The molecule has 1 rings (SSSR count). The van der Waals surface area contributed by atoms with Crippen molar-refractivity contribution in [2.45, 2.75) is 33.4 Å². The molecule has 0 bridgehead atoms. The number of nitrogens with zero attached hydrogens (tertiary/aromatic N) is 1. The molecule has 0 aliphatic heterocycles. The molecule has 1 atom stereocenters. The lowest BCUT2D eigenvalue weighted by molar-refractivity contribution is -0.123. The normalized spacial score (nSPS) is 12.9. The lowest BCUT2D eigenvalue weighted by Gasteiger charge is -2.14. The van der Waals surface area contributed by atoms with Gasteiger partial charge in [-0.2, -0.15) is 0 Å². The fraction of sp³-hybridized carbons (Fsp3) is 0.600. The highest BCUT2D eigenvalue weighted by Gasteiger charge is 2.16. The van der Waals surface area contributed by atoms with Gasteiger partial charge in [0.05, 0.1) is 23.3 Å². The molecular formula is C10H17N3OS. The summed E-state index contributed by atoms with van der Waals surface area (Å²) in [5, 5.41) is 5.72. The molecule has 84 valence electrons. The van der Waals surface area contributed by atoms with Crippen molar-refractivity contribution in [3.05, 3.63) is 16.1 Å². The maximum atomic E-state index is 11.5. The molecule has 1 amide bonds. The monoisotopic (exact) mass is 227 g/mol. The second kappa shape index (κ2) is 5.23. The second-order valence-electron chi connectivity index (χ2n) is 3.85. The lowest BCUT2D eigenvalue weighted by Crippen LogP contribution is -2.43. The molecule has 0 saturated carbocycles. The van der Waals surface area contributed by atoms with Crippen LogP contribution in [-0.4, -0.2) is 16.9 Å². The van der Waals surface area contributed by atoms with Crippen molar-refractivity contribution in [1.29, 1.82) is 0 Å². The summed E-state index contributed by atoms with van der Waals surface area (Å²) in [4.78, 5) is 15.8. The SMILES string of the molecule is Cc1nc(CNC(=O)C(N)C(C)C)cs1. The molecule has 0 fully saturated rings. The minimum atomic E-state index is -0.440. The summed E-state index contributed by atoms with van der Waals surface area (Å²) in [6.07, 6.45) is 0. The summed E-state index contributed by atoms with van der Waals surface area (Å²) < 4.78 is 0. The van der Waals surface area contributed by atoms with Gasteiger partial charge in [-0.1, -0.05) is 13.8 Å². The average molecular weight is 227 g/mol. The van der Waals surface area contributed by atoms with Gasteiger partial charge >= 0.3 is 0 Å². The van der Waals surface area contributed by atoms with Crippen molar-refractivity contribution in [3.63, 3.8) is 0 Å². The Balaban J connectivity index is 2.40. The fourth-order valence-electron chi connectivity index (χ4n) is 1.09. The minimum absolute atomic E-state index is 0.115. The third-order valence-electron chi connectivity index (χ3n) is 2.13. The number of carbonyl (C=O) groups is 1. The number of amides is 1. The Bertz CT molecular complexity index is 335. The molecule has 0 aliphatic rings. The molecule has 0 radical (unpaired) electrons. The number of nitrogens with two attached hydrogens (primary N) is 1. The number of aromatic nitrogens is 1. The molecule has 0 aliphatic carbocycles. The van der Waals surface area contributed by atoms with E-state index in [9.17, 15) is 4.79 Å². The molecule has 3 N–H and O–H groups in total. The first-order chi connectivity index (χ1) is 7.00. The van der Waals surface area contributed by atoms with E-state index < -0.39 is 6.04 Å². The number of nitrogens with one attached hydrogen (secondary N) is 1. The smallest absolute Gasteiger partial charge is 0.237 e. The summed E-state index contributed by atoms with van der Waals surface area (Å²) in [7, 11) is 0. The Morgan fingerprint density at radius 1 is 1.67 bits per heavy atom. The Kier molecular flexibility index (Phi) is 4.23. The van der Waals surface area contributed by atoms with E-state index in [0.29, 0.717) is 6.54 Å². The van der Waals surface area contributed by atoms with Gasteiger partial charge in [-0.25, -0.2) is 4.98 Å². The lowest BCUT2D eigenvalue weighted by atomic mass is 10.1. The molecular weight excluding hydrogens is 210 g/mol. The Labute approximate surface area is 93.9 Å². The standard InChI is InChI=1S/C10H17N3OS/c1-6(2)9(11)10(14)12-4-8-5-15-7(3)13-8/h5-6,9H,4,11H2,1-3H3,(H,12,14). The first kappa shape index (κ1) is 12.1. The molecule has 0 spiro atoms. The molecule has 4 nitrogen and oxygen atoms in total. The van der Waals surface area contributed by atoms with Crippen LogP contribution in [0.2, 0.25) is 0 Å². The maximum Gasteiger partial charge on any atom is 0.237 e. The van der Waals surface area contributed by atoms with Crippen molar-refractivity contribution in [2.24, 2.45) is 11.7 Å². The number of rotatable bonds is 4. The van der Waals surface area contributed by atoms with E-state index >= 15 is 0 Å². The van der Waals surface area contributed by atoms with Crippen LogP contribution in [0.1, 0.15) is 24.5 Å². The maximum absolute atomic E-state index is 11.5. The highest BCUT2D eigenvalue weighted by atomic mass is 32.1. The van der Waals surface area contributed by atoms with Crippen LogP contribution in [0.5, 0.6) is 0 Å². The summed E-state index contributed by atoms with van der Waals surface area (Å²) in [5.41, 5.74) is 6.59. The van der Waals surface area contributed by atoms with E-state index in [1.165, 1.54) is 0 Å². The molecule has 1 heterocycles. The van der Waals surface area contributed by atoms with Crippen LogP contribution in [-0.2, 0) is 11.3 Å². The highest BCUT2D eigenvalue weighted by molar-refractivity contribution is 7.09. The summed E-state index contributed by atoms with van der Waals surface area (Å²) in [6, 6.07) is -0.440. The van der Waals surface area contributed by atoms with Crippen LogP contribution in [0.3, 0.4) is 0 Å². The second-order valence-corrected chi connectivity index (χ2v) is 4.91. The number of hydrogen-bond donors (Lipinski definition) is 2. The van der Waals surface area contributed by atoms with Gasteiger partial charge in [0, 0.05) is 5.38 Å². The first-order valence-electron chi connectivity index (χ1n) is 4.95. The predicted molar refractivity (Wildman–Crippen MR) is 61.5 cm³/mol. The van der Waals surface area contributed by atoms with Crippen molar-refractivity contribution in [2.75, 3.05) is 0 Å². The zero-order valence-corrected chi connectivity index (χ0v) is 10.1. The minimum Gasteiger partial charge on any atom is -0.349 e. The van der Waals surface area contributed by atoms with Crippen LogP contribution >= 0.6 is 11.3 Å². The van der Waals surface area contributed by atoms with E-state index in [1.807, 2.05) is 26.2 Å². The van der Waals surface area contributed by atoms with Crippen molar-refractivity contribution in [3.8, 4) is 0 Å². The topological polar surface area (TPSA) is 68.0 Å². The van der Waals surface area contributed by atoms with Crippen LogP contribution in [0, 0.1) is 12.8 Å². The zero-order chi connectivity index (χ0) is 11.4. The third kappa shape index (κ3) is 3.60. The molecule has 0 saturated heterocycles. The number of hydrogen-bond acceptors (Lipinski definition) is 4. The van der Waals surface area contributed by atoms with Gasteiger partial charge in [0.25, 0.3) is 0 Å². The van der Waals surface area contributed by atoms with E-state index in [4.69, 9.17) is 5.73 Å². The van der Waals surface area contributed by atoms with Gasteiger partial charge in [-0.05, 0) is 12.8 Å². The van der Waals surface area contributed by atoms with Gasteiger partial charge < -0.3 is 11.1 Å². The van der Waals surface area contributed by atoms with Gasteiger partial charge in [0.2, 0.25) is 5.91 Å². The number of thiazole rings is 1. The van der Waals surface area contributed by atoms with Crippen LogP contribution in [0.15, 0.2) is 5.38 Å². The first-order valence-corrected chi connectivity index (χ1v) is 5.83. The van der Waals surface area contributed by atoms with Gasteiger partial charge in [-0.3, -0.25) is 4.79 Å². The van der Waals surface area contributed by atoms with Gasteiger partial charge in [0.1, 0.15) is 0 Å².